The van der Waals surface area contributed by atoms with Crippen LogP contribution in [-0.4, -0.2) is 38.6 Å². The van der Waals surface area contributed by atoms with E-state index in [1.165, 1.54) is 5.56 Å². The zero-order valence-corrected chi connectivity index (χ0v) is 16.3. The summed E-state index contributed by atoms with van der Waals surface area (Å²) in [7, 11) is -3.62. The molecule has 0 fully saturated rings. The second kappa shape index (κ2) is 7.29. The van der Waals surface area contributed by atoms with Gasteiger partial charge in [-0.3, -0.25) is 9.10 Å². The Kier molecular flexibility index (Phi) is 5.25. The predicted molar refractivity (Wildman–Crippen MR) is 104 cm³/mol. The van der Waals surface area contributed by atoms with Crippen LogP contribution in [0.3, 0.4) is 0 Å². The van der Waals surface area contributed by atoms with Crippen LogP contribution in [0.25, 0.3) is 0 Å². The molecule has 0 bridgehead atoms. The highest BCUT2D eigenvalue weighted by Gasteiger charge is 2.27. The standard InChI is InChI=1S/C19H21ClN2O3S/c1-14-7-8-17(20)11-18(14)22(26(2,24)25)13-19(23)21-10-9-15-5-3-4-6-16(15)12-21/h3-8,11H,9-10,12-13H2,1-2H3. The Labute approximate surface area is 159 Å². The molecule has 0 N–H and O–H groups in total. The van der Waals surface area contributed by atoms with Crippen LogP contribution in [-0.2, 0) is 27.8 Å². The molecule has 1 amide bonds. The SMILES string of the molecule is Cc1ccc(Cl)cc1N(CC(=O)N1CCc2ccccc2C1)S(C)(=O)=O. The highest BCUT2D eigenvalue weighted by atomic mass is 35.5. The zero-order chi connectivity index (χ0) is 18.9. The van der Waals surface area contributed by atoms with Crippen molar-refractivity contribution in [2.45, 2.75) is 19.9 Å². The molecule has 1 aliphatic heterocycles. The van der Waals surface area contributed by atoms with Crippen molar-refractivity contribution in [3.8, 4) is 0 Å². The Morgan fingerprint density at radius 1 is 1.19 bits per heavy atom. The number of sulfonamides is 1. The highest BCUT2D eigenvalue weighted by Crippen LogP contribution is 2.27. The fourth-order valence-electron chi connectivity index (χ4n) is 3.16. The normalized spacial score (nSPS) is 14.0. The van der Waals surface area contributed by atoms with E-state index in [9.17, 15) is 13.2 Å². The van der Waals surface area contributed by atoms with E-state index in [4.69, 9.17) is 11.6 Å². The van der Waals surface area contributed by atoms with Crippen LogP contribution >= 0.6 is 11.6 Å². The number of amides is 1. The van der Waals surface area contributed by atoms with Crippen molar-refractivity contribution in [3.63, 3.8) is 0 Å². The van der Waals surface area contributed by atoms with Crippen LogP contribution in [0.15, 0.2) is 42.5 Å². The summed E-state index contributed by atoms with van der Waals surface area (Å²) in [6.07, 6.45) is 1.88. The summed E-state index contributed by atoms with van der Waals surface area (Å²) in [5.41, 5.74) is 3.53. The van der Waals surface area contributed by atoms with E-state index in [1.807, 2.05) is 18.2 Å². The second-order valence-electron chi connectivity index (χ2n) is 6.53. The van der Waals surface area contributed by atoms with Gasteiger partial charge in [-0.15, -0.1) is 0 Å². The van der Waals surface area contributed by atoms with Gasteiger partial charge >= 0.3 is 0 Å². The minimum Gasteiger partial charge on any atom is -0.336 e. The molecule has 5 nitrogen and oxygen atoms in total. The fraction of sp³-hybridized carbons (Fsp3) is 0.316. The average Bonchev–Trinajstić information content (AvgIpc) is 2.60. The number of aryl methyl sites for hydroxylation is 1. The third-order valence-electron chi connectivity index (χ3n) is 4.60. The van der Waals surface area contributed by atoms with Gasteiger partial charge in [0.05, 0.1) is 11.9 Å². The van der Waals surface area contributed by atoms with Gasteiger partial charge in [-0.25, -0.2) is 8.42 Å². The van der Waals surface area contributed by atoms with Crippen LogP contribution < -0.4 is 4.31 Å². The maximum Gasteiger partial charge on any atom is 0.243 e. The lowest BCUT2D eigenvalue weighted by Crippen LogP contribution is -2.44. The number of carbonyl (C=O) groups excluding carboxylic acids is 1. The maximum absolute atomic E-state index is 12.8. The lowest BCUT2D eigenvalue weighted by Gasteiger charge is -2.31. The summed E-state index contributed by atoms with van der Waals surface area (Å²) >= 11 is 6.04. The zero-order valence-electron chi connectivity index (χ0n) is 14.8. The number of anilines is 1. The fourth-order valence-corrected chi connectivity index (χ4v) is 4.23. The lowest BCUT2D eigenvalue weighted by molar-refractivity contribution is -0.130. The van der Waals surface area contributed by atoms with Crippen LogP contribution in [0.4, 0.5) is 5.69 Å². The number of fused-ring (bicyclic) bond motifs is 1. The molecule has 0 aromatic heterocycles. The van der Waals surface area contributed by atoms with Gasteiger partial charge in [0.2, 0.25) is 15.9 Å². The van der Waals surface area contributed by atoms with Crippen LogP contribution in [0.5, 0.6) is 0 Å². The van der Waals surface area contributed by atoms with Crippen molar-refractivity contribution in [2.75, 3.05) is 23.7 Å². The van der Waals surface area contributed by atoms with Gasteiger partial charge in [-0.05, 0) is 42.2 Å². The number of benzene rings is 2. The molecule has 3 rings (SSSR count). The second-order valence-corrected chi connectivity index (χ2v) is 8.88. The summed E-state index contributed by atoms with van der Waals surface area (Å²) in [6.45, 7) is 2.65. The van der Waals surface area contributed by atoms with Crippen molar-refractivity contribution >= 4 is 33.2 Å². The van der Waals surface area contributed by atoms with Gasteiger partial charge in [0.25, 0.3) is 0 Å². The molecule has 2 aromatic carbocycles. The molecule has 0 unspecified atom stereocenters. The van der Waals surface area contributed by atoms with E-state index < -0.39 is 10.0 Å². The quantitative estimate of drug-likeness (QED) is 0.803. The number of nitrogens with zero attached hydrogens (tertiary/aromatic N) is 2. The summed E-state index contributed by atoms with van der Waals surface area (Å²) in [4.78, 5) is 14.5. The smallest absolute Gasteiger partial charge is 0.243 e. The summed E-state index contributed by atoms with van der Waals surface area (Å²) in [5.74, 6) is -0.218. The first-order valence-electron chi connectivity index (χ1n) is 8.34. The van der Waals surface area contributed by atoms with E-state index in [0.29, 0.717) is 23.8 Å². The van der Waals surface area contributed by atoms with Crippen LogP contribution in [0.2, 0.25) is 5.02 Å². The Balaban J connectivity index is 1.84. The van der Waals surface area contributed by atoms with Crippen LogP contribution in [0, 0.1) is 6.92 Å². The van der Waals surface area contributed by atoms with Crippen molar-refractivity contribution in [2.24, 2.45) is 0 Å². The number of halogens is 1. The number of carbonyl (C=O) groups is 1. The van der Waals surface area contributed by atoms with Gasteiger partial charge in [-0.2, -0.15) is 0 Å². The van der Waals surface area contributed by atoms with E-state index in [0.717, 1.165) is 28.1 Å². The first-order valence-corrected chi connectivity index (χ1v) is 10.6. The topological polar surface area (TPSA) is 57.7 Å². The van der Waals surface area contributed by atoms with E-state index in [2.05, 4.69) is 6.07 Å². The molecule has 0 saturated heterocycles. The van der Waals surface area contributed by atoms with Crippen LogP contribution in [0.1, 0.15) is 16.7 Å². The Hall–Kier alpha value is -2.05. The van der Waals surface area contributed by atoms with Gasteiger partial charge in [-0.1, -0.05) is 41.9 Å². The maximum atomic E-state index is 12.8. The molecule has 26 heavy (non-hydrogen) atoms. The number of hydrogen-bond acceptors (Lipinski definition) is 3. The van der Waals surface area contributed by atoms with Crippen molar-refractivity contribution in [1.82, 2.24) is 4.90 Å². The first kappa shape index (κ1) is 18.7. The van der Waals surface area contributed by atoms with Crippen molar-refractivity contribution in [1.29, 1.82) is 0 Å². The van der Waals surface area contributed by atoms with Gasteiger partial charge in [0, 0.05) is 18.1 Å². The Morgan fingerprint density at radius 2 is 1.88 bits per heavy atom. The molecular weight excluding hydrogens is 372 g/mol. The summed E-state index contributed by atoms with van der Waals surface area (Å²) in [5, 5.41) is 0.429. The first-order chi connectivity index (χ1) is 12.3. The molecule has 0 aliphatic carbocycles. The average molecular weight is 393 g/mol. The monoisotopic (exact) mass is 392 g/mol. The lowest BCUT2D eigenvalue weighted by atomic mass is 10.00. The molecule has 0 spiro atoms. The predicted octanol–water partition coefficient (Wildman–Crippen LogP) is 3.00. The molecule has 0 saturated carbocycles. The largest absolute Gasteiger partial charge is 0.336 e. The summed E-state index contributed by atoms with van der Waals surface area (Å²) in [6, 6.07) is 13.0. The summed E-state index contributed by atoms with van der Waals surface area (Å²) < 4.78 is 25.8. The van der Waals surface area contributed by atoms with Gasteiger partial charge in [0.15, 0.2) is 0 Å². The molecule has 7 heteroatoms. The Morgan fingerprint density at radius 3 is 2.58 bits per heavy atom. The molecule has 138 valence electrons. The highest BCUT2D eigenvalue weighted by molar-refractivity contribution is 7.92. The van der Waals surface area contributed by atoms with E-state index in [1.54, 1.807) is 30.0 Å². The van der Waals surface area contributed by atoms with Crippen molar-refractivity contribution in [3.05, 3.63) is 64.2 Å². The number of rotatable bonds is 4. The molecule has 0 radical (unpaired) electrons. The van der Waals surface area contributed by atoms with E-state index >= 15 is 0 Å². The number of hydrogen-bond donors (Lipinski definition) is 0. The van der Waals surface area contributed by atoms with Gasteiger partial charge in [0.1, 0.15) is 6.54 Å². The van der Waals surface area contributed by atoms with E-state index in [-0.39, 0.29) is 12.5 Å². The van der Waals surface area contributed by atoms with Gasteiger partial charge < -0.3 is 4.90 Å². The van der Waals surface area contributed by atoms with Crippen molar-refractivity contribution < 1.29 is 13.2 Å². The molecule has 1 aliphatic rings. The Bertz CT molecular complexity index is 944. The minimum atomic E-state index is -3.62. The third kappa shape index (κ3) is 4.02. The molecular formula is C19H21ClN2O3S. The third-order valence-corrected chi connectivity index (χ3v) is 5.96. The molecule has 2 aromatic rings. The molecule has 0 atom stereocenters. The molecule has 1 heterocycles. The minimum absolute atomic E-state index is 0.218.